The minimum atomic E-state index is -0.607. The number of oxime groups is 1. The molecule has 1 heterocycles. The molecule has 62 valence electrons. The second kappa shape index (κ2) is 3.92. The number of hydrogen-bond acceptors (Lipinski definition) is 4. The lowest BCUT2D eigenvalue weighted by molar-refractivity contribution is -0.111. The van der Waals surface area contributed by atoms with Crippen molar-refractivity contribution in [2.45, 2.75) is 12.5 Å². The molecule has 0 aromatic rings. The molecule has 0 aromatic carbocycles. The molecule has 0 bridgehead atoms. The monoisotopic (exact) mass is 158 g/mol. The van der Waals surface area contributed by atoms with E-state index in [1.54, 1.807) is 0 Å². The predicted octanol–water partition coefficient (Wildman–Crippen LogP) is -0.737. The van der Waals surface area contributed by atoms with Crippen LogP contribution in [0.1, 0.15) is 6.42 Å². The number of carbonyl (C=O) groups is 1. The summed E-state index contributed by atoms with van der Waals surface area (Å²) in [6.07, 6.45) is 1.74. The molecule has 5 heteroatoms. The third-order valence-corrected chi connectivity index (χ3v) is 1.28. The van der Waals surface area contributed by atoms with Crippen LogP contribution in [0.15, 0.2) is 5.16 Å². The fourth-order valence-corrected chi connectivity index (χ4v) is 0.764. The number of nitrogens with zero attached hydrogens (tertiary/aromatic N) is 1. The number of rotatable bonds is 3. The number of hydrogen-bond donors (Lipinski definition) is 1. The molecule has 1 rings (SSSR count). The second-order valence-electron chi connectivity index (χ2n) is 2.23. The highest BCUT2D eigenvalue weighted by atomic mass is 16.7. The smallest absolute Gasteiger partial charge is 0.263 e. The Labute approximate surface area is 64.1 Å². The standard InChI is InChI=1S/C6H10N2O3/c7-6(9)3-8-11-5-1-2-10-4-5/h3,5H,1-2,4H2,(H2,7,9). The summed E-state index contributed by atoms with van der Waals surface area (Å²) in [5.74, 6) is -0.607. The molecular weight excluding hydrogens is 148 g/mol. The third kappa shape index (κ3) is 2.99. The van der Waals surface area contributed by atoms with Crippen LogP contribution in [-0.4, -0.2) is 31.4 Å². The summed E-state index contributed by atoms with van der Waals surface area (Å²) >= 11 is 0. The van der Waals surface area contributed by atoms with Crippen LogP contribution in [-0.2, 0) is 14.4 Å². The molecule has 1 aliphatic rings. The van der Waals surface area contributed by atoms with E-state index in [0.717, 1.165) is 12.6 Å². The van der Waals surface area contributed by atoms with Crippen LogP contribution in [0, 0.1) is 0 Å². The molecule has 1 amide bonds. The van der Waals surface area contributed by atoms with Gasteiger partial charge in [-0.25, -0.2) is 0 Å². The van der Waals surface area contributed by atoms with Crippen LogP contribution in [0.4, 0.5) is 0 Å². The van der Waals surface area contributed by atoms with Gasteiger partial charge in [0.15, 0.2) is 6.10 Å². The minimum Gasteiger partial charge on any atom is -0.390 e. The molecule has 1 atom stereocenters. The molecule has 5 nitrogen and oxygen atoms in total. The zero-order chi connectivity index (χ0) is 8.10. The van der Waals surface area contributed by atoms with Gasteiger partial charge in [-0.1, -0.05) is 5.16 Å². The summed E-state index contributed by atoms with van der Waals surface area (Å²) in [6.45, 7) is 1.23. The molecule has 0 spiro atoms. The number of primary amides is 1. The maximum absolute atomic E-state index is 10.1. The first-order chi connectivity index (χ1) is 5.29. The summed E-state index contributed by atoms with van der Waals surface area (Å²) in [5.41, 5.74) is 4.78. The largest absolute Gasteiger partial charge is 0.390 e. The van der Waals surface area contributed by atoms with E-state index in [0.29, 0.717) is 13.2 Å². The van der Waals surface area contributed by atoms with Crippen LogP contribution in [0.3, 0.4) is 0 Å². The van der Waals surface area contributed by atoms with E-state index in [2.05, 4.69) is 5.16 Å². The van der Waals surface area contributed by atoms with E-state index >= 15 is 0 Å². The van der Waals surface area contributed by atoms with Crippen LogP contribution in [0.5, 0.6) is 0 Å². The van der Waals surface area contributed by atoms with Gasteiger partial charge in [-0.15, -0.1) is 0 Å². The number of carbonyl (C=O) groups excluding carboxylic acids is 1. The molecule has 0 aliphatic carbocycles. The molecule has 1 saturated heterocycles. The maximum Gasteiger partial charge on any atom is 0.263 e. The normalized spacial score (nSPS) is 24.2. The zero-order valence-electron chi connectivity index (χ0n) is 6.03. The zero-order valence-corrected chi connectivity index (χ0v) is 6.03. The van der Waals surface area contributed by atoms with Crippen LogP contribution in [0.2, 0.25) is 0 Å². The van der Waals surface area contributed by atoms with Crippen molar-refractivity contribution in [1.82, 2.24) is 0 Å². The Kier molecular flexibility index (Phi) is 2.85. The van der Waals surface area contributed by atoms with E-state index in [1.165, 1.54) is 0 Å². The van der Waals surface area contributed by atoms with Crippen LogP contribution in [0.25, 0.3) is 0 Å². The quantitative estimate of drug-likeness (QED) is 0.434. The average molecular weight is 158 g/mol. The van der Waals surface area contributed by atoms with Crippen molar-refractivity contribution in [2.24, 2.45) is 10.9 Å². The second-order valence-corrected chi connectivity index (χ2v) is 2.23. The van der Waals surface area contributed by atoms with E-state index in [1.807, 2.05) is 0 Å². The van der Waals surface area contributed by atoms with Gasteiger partial charge >= 0.3 is 0 Å². The highest BCUT2D eigenvalue weighted by molar-refractivity contribution is 6.25. The van der Waals surface area contributed by atoms with Gasteiger partial charge < -0.3 is 15.3 Å². The average Bonchev–Trinajstić information content (AvgIpc) is 2.39. The highest BCUT2D eigenvalue weighted by Gasteiger charge is 2.16. The van der Waals surface area contributed by atoms with Crippen molar-refractivity contribution in [3.8, 4) is 0 Å². The molecule has 1 fully saturated rings. The summed E-state index contributed by atoms with van der Waals surface area (Å²) < 4.78 is 5.00. The van der Waals surface area contributed by atoms with Gasteiger partial charge in [0.05, 0.1) is 13.2 Å². The van der Waals surface area contributed by atoms with Crippen molar-refractivity contribution in [2.75, 3.05) is 13.2 Å². The minimum absolute atomic E-state index is 0.0226. The van der Waals surface area contributed by atoms with Crippen molar-refractivity contribution >= 4 is 12.1 Å². The summed E-state index contributed by atoms with van der Waals surface area (Å²) in [5, 5.41) is 3.37. The van der Waals surface area contributed by atoms with Crippen molar-refractivity contribution in [3.63, 3.8) is 0 Å². The molecule has 0 radical (unpaired) electrons. The number of amides is 1. The van der Waals surface area contributed by atoms with Crippen LogP contribution >= 0.6 is 0 Å². The molecule has 0 saturated carbocycles. The topological polar surface area (TPSA) is 73.9 Å². The van der Waals surface area contributed by atoms with E-state index in [9.17, 15) is 4.79 Å². The molecule has 11 heavy (non-hydrogen) atoms. The molecule has 0 aromatic heterocycles. The van der Waals surface area contributed by atoms with Gasteiger partial charge in [-0.3, -0.25) is 4.79 Å². The Bertz CT molecular complexity index is 163. The number of ether oxygens (including phenoxy) is 1. The van der Waals surface area contributed by atoms with Gasteiger partial charge in [0, 0.05) is 6.42 Å². The van der Waals surface area contributed by atoms with Crippen molar-refractivity contribution in [1.29, 1.82) is 0 Å². The Morgan fingerprint density at radius 1 is 1.82 bits per heavy atom. The molecular formula is C6H10N2O3. The van der Waals surface area contributed by atoms with Gasteiger partial charge in [0.2, 0.25) is 0 Å². The Hall–Kier alpha value is -1.10. The van der Waals surface area contributed by atoms with Crippen LogP contribution < -0.4 is 5.73 Å². The third-order valence-electron chi connectivity index (χ3n) is 1.28. The van der Waals surface area contributed by atoms with E-state index < -0.39 is 5.91 Å². The van der Waals surface area contributed by atoms with E-state index in [-0.39, 0.29) is 6.10 Å². The van der Waals surface area contributed by atoms with Crippen molar-refractivity contribution < 1.29 is 14.4 Å². The first-order valence-electron chi connectivity index (χ1n) is 3.35. The fraction of sp³-hybridized carbons (Fsp3) is 0.667. The highest BCUT2D eigenvalue weighted by Crippen LogP contribution is 2.07. The van der Waals surface area contributed by atoms with Gasteiger partial charge in [-0.2, -0.15) is 0 Å². The number of nitrogens with two attached hydrogens (primary N) is 1. The fourth-order valence-electron chi connectivity index (χ4n) is 0.764. The summed E-state index contributed by atoms with van der Waals surface area (Å²) in [4.78, 5) is 15.0. The summed E-state index contributed by atoms with van der Waals surface area (Å²) in [7, 11) is 0. The SMILES string of the molecule is NC(=O)C=NOC1CCOC1. The lowest BCUT2D eigenvalue weighted by Crippen LogP contribution is -2.14. The van der Waals surface area contributed by atoms with Crippen molar-refractivity contribution in [3.05, 3.63) is 0 Å². The Morgan fingerprint density at radius 2 is 2.64 bits per heavy atom. The predicted molar refractivity (Wildman–Crippen MR) is 38.0 cm³/mol. The lowest BCUT2D eigenvalue weighted by atomic mass is 10.3. The molecule has 1 aliphatic heterocycles. The lowest BCUT2D eigenvalue weighted by Gasteiger charge is -2.02. The summed E-state index contributed by atoms with van der Waals surface area (Å²) in [6, 6.07) is 0. The van der Waals surface area contributed by atoms with Gasteiger partial charge in [-0.05, 0) is 0 Å². The van der Waals surface area contributed by atoms with Gasteiger partial charge in [0.25, 0.3) is 5.91 Å². The Balaban J connectivity index is 2.15. The first kappa shape index (κ1) is 8.00. The first-order valence-corrected chi connectivity index (χ1v) is 3.35. The molecule has 1 unspecified atom stereocenters. The van der Waals surface area contributed by atoms with Gasteiger partial charge in [0.1, 0.15) is 6.21 Å². The Morgan fingerprint density at radius 3 is 3.18 bits per heavy atom. The van der Waals surface area contributed by atoms with E-state index in [4.69, 9.17) is 15.3 Å². The molecule has 2 N–H and O–H groups in total. The maximum atomic E-state index is 10.1.